The van der Waals surface area contributed by atoms with E-state index < -0.39 is 0 Å². The number of rotatable bonds is 7. The van der Waals surface area contributed by atoms with Crippen LogP contribution in [0.25, 0.3) is 0 Å². The number of amides is 1. The lowest BCUT2D eigenvalue weighted by atomic mass is 9.96. The summed E-state index contributed by atoms with van der Waals surface area (Å²) in [4.78, 5) is 23.9. The van der Waals surface area contributed by atoms with Crippen molar-refractivity contribution in [2.45, 2.75) is 26.8 Å². The SMILES string of the molecule is COc1ccc(C(NC(=O)COc2coc(C)cc2=O)C(C)C)cc1. The van der Waals surface area contributed by atoms with Crippen LogP contribution in [0.5, 0.6) is 11.5 Å². The monoisotopic (exact) mass is 345 g/mol. The topological polar surface area (TPSA) is 77.8 Å². The Morgan fingerprint density at radius 1 is 1.24 bits per heavy atom. The second-order valence-electron chi connectivity index (χ2n) is 6.07. The van der Waals surface area contributed by atoms with E-state index in [1.165, 1.54) is 12.3 Å². The van der Waals surface area contributed by atoms with E-state index in [0.29, 0.717) is 5.76 Å². The predicted molar refractivity (Wildman–Crippen MR) is 93.9 cm³/mol. The summed E-state index contributed by atoms with van der Waals surface area (Å²) in [5.41, 5.74) is 0.658. The molecule has 2 rings (SSSR count). The van der Waals surface area contributed by atoms with Crippen molar-refractivity contribution < 1.29 is 18.7 Å². The van der Waals surface area contributed by atoms with Gasteiger partial charge in [0.2, 0.25) is 11.2 Å². The van der Waals surface area contributed by atoms with Gasteiger partial charge in [-0.05, 0) is 30.5 Å². The molecule has 1 aromatic carbocycles. The number of ether oxygens (including phenoxy) is 2. The number of methoxy groups -OCH3 is 1. The van der Waals surface area contributed by atoms with Crippen molar-refractivity contribution in [3.05, 3.63) is 58.1 Å². The summed E-state index contributed by atoms with van der Waals surface area (Å²) in [6, 6.07) is 8.69. The molecule has 0 saturated carbocycles. The first-order valence-corrected chi connectivity index (χ1v) is 8.06. The first kappa shape index (κ1) is 18.6. The van der Waals surface area contributed by atoms with Crippen molar-refractivity contribution >= 4 is 5.91 Å². The first-order valence-electron chi connectivity index (χ1n) is 8.06. The van der Waals surface area contributed by atoms with Crippen LogP contribution in [0.4, 0.5) is 0 Å². The smallest absolute Gasteiger partial charge is 0.258 e. The fourth-order valence-corrected chi connectivity index (χ4v) is 2.40. The van der Waals surface area contributed by atoms with E-state index in [9.17, 15) is 9.59 Å². The van der Waals surface area contributed by atoms with Crippen molar-refractivity contribution in [2.24, 2.45) is 5.92 Å². The molecule has 1 unspecified atom stereocenters. The fraction of sp³-hybridized carbons (Fsp3) is 0.368. The zero-order chi connectivity index (χ0) is 18.4. The number of benzene rings is 1. The normalized spacial score (nSPS) is 11.9. The summed E-state index contributed by atoms with van der Waals surface area (Å²) in [6.07, 6.45) is 1.22. The Balaban J connectivity index is 2.01. The van der Waals surface area contributed by atoms with Gasteiger partial charge in [0.25, 0.3) is 5.91 Å². The maximum absolute atomic E-state index is 12.2. The van der Waals surface area contributed by atoms with Gasteiger partial charge in [0, 0.05) is 6.07 Å². The molecule has 6 heteroatoms. The molecule has 1 N–H and O–H groups in total. The number of carbonyl (C=O) groups is 1. The molecule has 25 heavy (non-hydrogen) atoms. The summed E-state index contributed by atoms with van der Waals surface area (Å²) >= 11 is 0. The minimum atomic E-state index is -0.313. The molecule has 1 atom stereocenters. The minimum Gasteiger partial charge on any atom is -0.497 e. The molecular weight excluding hydrogens is 322 g/mol. The van der Waals surface area contributed by atoms with Gasteiger partial charge in [-0.3, -0.25) is 9.59 Å². The van der Waals surface area contributed by atoms with Gasteiger partial charge in [-0.1, -0.05) is 26.0 Å². The number of hydrogen-bond donors (Lipinski definition) is 1. The Kier molecular flexibility index (Phi) is 6.22. The molecule has 0 fully saturated rings. The average molecular weight is 345 g/mol. The maximum atomic E-state index is 12.2. The summed E-state index contributed by atoms with van der Waals surface area (Å²) in [5, 5.41) is 2.93. The third kappa shape index (κ3) is 5.11. The molecular formula is C19H23NO5. The Labute approximate surface area is 146 Å². The van der Waals surface area contributed by atoms with Crippen molar-refractivity contribution in [1.82, 2.24) is 5.32 Å². The molecule has 1 aromatic heterocycles. The van der Waals surface area contributed by atoms with Crippen molar-refractivity contribution in [3.63, 3.8) is 0 Å². The van der Waals surface area contributed by atoms with Gasteiger partial charge in [0.1, 0.15) is 17.8 Å². The highest BCUT2D eigenvalue weighted by molar-refractivity contribution is 5.78. The highest BCUT2D eigenvalue weighted by atomic mass is 16.5. The summed E-state index contributed by atoms with van der Waals surface area (Å²) in [6.45, 7) is 5.45. The quantitative estimate of drug-likeness (QED) is 0.835. The summed E-state index contributed by atoms with van der Waals surface area (Å²) < 4.78 is 15.5. The highest BCUT2D eigenvalue weighted by Gasteiger charge is 2.19. The molecule has 1 heterocycles. The molecule has 0 aliphatic carbocycles. The number of aryl methyl sites for hydroxylation is 1. The molecule has 0 aliphatic rings. The molecule has 0 bridgehead atoms. The van der Waals surface area contributed by atoms with Gasteiger partial charge < -0.3 is 19.2 Å². The van der Waals surface area contributed by atoms with E-state index in [0.717, 1.165) is 11.3 Å². The zero-order valence-corrected chi connectivity index (χ0v) is 14.9. The third-order valence-electron chi connectivity index (χ3n) is 3.75. The third-order valence-corrected chi connectivity index (χ3v) is 3.75. The standard InChI is InChI=1S/C19H23NO5/c1-12(2)19(14-5-7-15(23-4)8-6-14)20-18(22)11-25-17-10-24-13(3)9-16(17)21/h5-10,12,19H,11H2,1-4H3,(H,20,22). The lowest BCUT2D eigenvalue weighted by Crippen LogP contribution is -2.35. The predicted octanol–water partition coefficient (Wildman–Crippen LogP) is 2.85. The molecule has 0 radical (unpaired) electrons. The fourth-order valence-electron chi connectivity index (χ4n) is 2.40. The largest absolute Gasteiger partial charge is 0.497 e. The van der Waals surface area contributed by atoms with Gasteiger partial charge in [-0.25, -0.2) is 0 Å². The molecule has 0 saturated heterocycles. The second-order valence-corrected chi connectivity index (χ2v) is 6.07. The Morgan fingerprint density at radius 3 is 2.48 bits per heavy atom. The van der Waals surface area contributed by atoms with Gasteiger partial charge in [0.15, 0.2) is 6.61 Å². The lowest BCUT2D eigenvalue weighted by molar-refractivity contribution is -0.124. The van der Waals surface area contributed by atoms with Crippen LogP contribution in [-0.4, -0.2) is 19.6 Å². The molecule has 0 aliphatic heterocycles. The van der Waals surface area contributed by atoms with Gasteiger partial charge in [0.05, 0.1) is 13.2 Å². The summed E-state index contributed by atoms with van der Waals surface area (Å²) in [7, 11) is 1.61. The van der Waals surface area contributed by atoms with E-state index in [4.69, 9.17) is 13.9 Å². The van der Waals surface area contributed by atoms with E-state index >= 15 is 0 Å². The van der Waals surface area contributed by atoms with Crippen LogP contribution < -0.4 is 20.2 Å². The minimum absolute atomic E-state index is 0.0197. The van der Waals surface area contributed by atoms with Crippen molar-refractivity contribution in [1.29, 1.82) is 0 Å². The van der Waals surface area contributed by atoms with Gasteiger partial charge in [-0.15, -0.1) is 0 Å². The molecule has 0 spiro atoms. The highest BCUT2D eigenvalue weighted by Crippen LogP contribution is 2.23. The number of nitrogens with one attached hydrogen (secondary N) is 1. The molecule has 2 aromatic rings. The average Bonchev–Trinajstić information content (AvgIpc) is 2.59. The number of hydrogen-bond acceptors (Lipinski definition) is 5. The van der Waals surface area contributed by atoms with E-state index in [-0.39, 0.29) is 35.7 Å². The van der Waals surface area contributed by atoms with Crippen LogP contribution >= 0.6 is 0 Å². The van der Waals surface area contributed by atoms with E-state index in [2.05, 4.69) is 5.32 Å². The van der Waals surface area contributed by atoms with Gasteiger partial charge >= 0.3 is 0 Å². The van der Waals surface area contributed by atoms with Crippen molar-refractivity contribution in [2.75, 3.05) is 13.7 Å². The Bertz CT molecular complexity index is 764. The lowest BCUT2D eigenvalue weighted by Gasteiger charge is -2.23. The van der Waals surface area contributed by atoms with Crippen LogP contribution in [0.15, 0.2) is 45.8 Å². The van der Waals surface area contributed by atoms with E-state index in [1.807, 2.05) is 38.1 Å². The van der Waals surface area contributed by atoms with Crippen LogP contribution in [0.1, 0.15) is 31.2 Å². The van der Waals surface area contributed by atoms with Crippen LogP contribution in [-0.2, 0) is 4.79 Å². The second kappa shape index (κ2) is 8.37. The van der Waals surface area contributed by atoms with E-state index in [1.54, 1.807) is 14.0 Å². The van der Waals surface area contributed by atoms with Gasteiger partial charge in [-0.2, -0.15) is 0 Å². The van der Waals surface area contributed by atoms with Crippen LogP contribution in [0, 0.1) is 12.8 Å². The van der Waals surface area contributed by atoms with Crippen LogP contribution in [0.2, 0.25) is 0 Å². The molecule has 1 amide bonds. The molecule has 134 valence electrons. The number of carbonyl (C=O) groups excluding carboxylic acids is 1. The summed E-state index contributed by atoms with van der Waals surface area (Å²) in [5.74, 6) is 1.13. The zero-order valence-electron chi connectivity index (χ0n) is 14.9. The first-order chi connectivity index (χ1) is 11.9. The molecule has 6 nitrogen and oxygen atoms in total. The van der Waals surface area contributed by atoms with Crippen LogP contribution in [0.3, 0.4) is 0 Å². The van der Waals surface area contributed by atoms with Crippen molar-refractivity contribution in [3.8, 4) is 11.5 Å². The Hall–Kier alpha value is -2.76. The maximum Gasteiger partial charge on any atom is 0.258 e. The Morgan fingerprint density at radius 2 is 1.92 bits per heavy atom.